The van der Waals surface area contributed by atoms with Crippen LogP contribution in [-0.4, -0.2) is 31.5 Å². The van der Waals surface area contributed by atoms with E-state index in [4.69, 9.17) is 14.0 Å². The van der Waals surface area contributed by atoms with Crippen LogP contribution in [0.4, 0.5) is 0 Å². The van der Waals surface area contributed by atoms with Gasteiger partial charge in [-0.05, 0) is 33.2 Å². The first-order chi connectivity index (χ1) is 6.83. The van der Waals surface area contributed by atoms with Gasteiger partial charge in [-0.3, -0.25) is 0 Å². The third-order valence-electron chi connectivity index (χ3n) is 3.72. The Labute approximate surface area is 91.9 Å². The van der Waals surface area contributed by atoms with Gasteiger partial charge in [-0.2, -0.15) is 0 Å². The molecule has 3 nitrogen and oxygen atoms in total. The largest absolute Gasteiger partial charge is 0.490 e. The van der Waals surface area contributed by atoms with Crippen LogP contribution in [-0.2, 0) is 14.0 Å². The van der Waals surface area contributed by atoms with Gasteiger partial charge in [0.15, 0.2) is 0 Å². The Balaban J connectivity index is 2.05. The van der Waals surface area contributed by atoms with Crippen molar-refractivity contribution in [1.82, 2.24) is 0 Å². The van der Waals surface area contributed by atoms with E-state index in [1.807, 2.05) is 0 Å². The highest BCUT2D eigenvalue weighted by molar-refractivity contribution is 6.54. The van der Waals surface area contributed by atoms with Crippen LogP contribution in [0.15, 0.2) is 12.1 Å². The Morgan fingerprint density at radius 1 is 1.13 bits per heavy atom. The first kappa shape index (κ1) is 11.2. The second kappa shape index (κ2) is 3.34. The number of ether oxygens (including phenoxy) is 1. The number of hydrogen-bond acceptors (Lipinski definition) is 3. The molecule has 0 saturated carbocycles. The predicted octanol–water partition coefficient (Wildman–Crippen LogP) is 1.82. The van der Waals surface area contributed by atoms with Crippen molar-refractivity contribution in [3.63, 3.8) is 0 Å². The lowest BCUT2D eigenvalue weighted by molar-refractivity contribution is -0.0118. The van der Waals surface area contributed by atoms with E-state index in [1.54, 1.807) is 0 Å². The van der Waals surface area contributed by atoms with Crippen LogP contribution < -0.4 is 0 Å². The first-order valence-corrected chi connectivity index (χ1v) is 5.45. The molecule has 2 saturated heterocycles. The van der Waals surface area contributed by atoms with Crippen LogP contribution in [0.5, 0.6) is 0 Å². The minimum Gasteiger partial charge on any atom is -0.400 e. The standard InChI is InChI=1S/C11H19BO3/c1-8(9-6-13-7-9)12-14-10(2,3)11(4,5)15-12/h9H,1,6-7H2,2-5H3. The van der Waals surface area contributed by atoms with E-state index in [-0.39, 0.29) is 18.3 Å². The third-order valence-corrected chi connectivity index (χ3v) is 3.72. The fraction of sp³-hybridized carbons (Fsp3) is 0.818. The molecular weight excluding hydrogens is 191 g/mol. The van der Waals surface area contributed by atoms with Gasteiger partial charge in [0.1, 0.15) is 0 Å². The zero-order chi connectivity index (χ0) is 11.3. The van der Waals surface area contributed by atoms with Crippen molar-refractivity contribution in [3.8, 4) is 0 Å². The monoisotopic (exact) mass is 210 g/mol. The Bertz CT molecular complexity index is 266. The van der Waals surface area contributed by atoms with Gasteiger partial charge in [-0.1, -0.05) is 0 Å². The number of rotatable bonds is 2. The summed E-state index contributed by atoms with van der Waals surface area (Å²) in [5.41, 5.74) is 0.469. The van der Waals surface area contributed by atoms with Crippen LogP contribution in [0.2, 0.25) is 0 Å². The van der Waals surface area contributed by atoms with E-state index in [0.29, 0.717) is 5.92 Å². The summed E-state index contributed by atoms with van der Waals surface area (Å²) in [6.07, 6.45) is 0. The predicted molar refractivity (Wildman–Crippen MR) is 59.5 cm³/mol. The van der Waals surface area contributed by atoms with Crippen molar-refractivity contribution >= 4 is 7.12 Å². The molecule has 2 aliphatic heterocycles. The van der Waals surface area contributed by atoms with Gasteiger partial charge >= 0.3 is 7.12 Å². The van der Waals surface area contributed by atoms with E-state index in [9.17, 15) is 0 Å². The van der Waals surface area contributed by atoms with Gasteiger partial charge in [0.25, 0.3) is 0 Å². The van der Waals surface area contributed by atoms with Crippen LogP contribution in [0.3, 0.4) is 0 Å². The lowest BCUT2D eigenvalue weighted by Crippen LogP contribution is -2.41. The van der Waals surface area contributed by atoms with E-state index in [2.05, 4.69) is 34.3 Å². The molecule has 0 radical (unpaired) electrons. The molecular formula is C11H19BO3. The lowest BCUT2D eigenvalue weighted by atomic mass is 9.71. The van der Waals surface area contributed by atoms with Crippen molar-refractivity contribution < 1.29 is 14.0 Å². The average Bonchev–Trinajstić information content (AvgIpc) is 2.17. The van der Waals surface area contributed by atoms with Crippen molar-refractivity contribution in [3.05, 3.63) is 12.1 Å². The van der Waals surface area contributed by atoms with Crippen molar-refractivity contribution in [2.75, 3.05) is 13.2 Å². The summed E-state index contributed by atoms with van der Waals surface area (Å²) in [6, 6.07) is 0. The second-order valence-electron chi connectivity index (χ2n) is 5.40. The summed E-state index contributed by atoms with van der Waals surface area (Å²) in [4.78, 5) is 0. The van der Waals surface area contributed by atoms with Gasteiger partial charge in [0, 0.05) is 5.92 Å². The van der Waals surface area contributed by atoms with Gasteiger partial charge in [-0.25, -0.2) is 0 Å². The summed E-state index contributed by atoms with van der Waals surface area (Å²) in [7, 11) is -0.274. The fourth-order valence-corrected chi connectivity index (χ4v) is 1.64. The smallest absolute Gasteiger partial charge is 0.400 e. The highest BCUT2D eigenvalue weighted by atomic mass is 16.7. The van der Waals surface area contributed by atoms with Gasteiger partial charge in [-0.15, -0.1) is 6.58 Å². The Kier molecular flexibility index (Phi) is 2.49. The molecule has 0 amide bonds. The van der Waals surface area contributed by atoms with Crippen LogP contribution in [0.1, 0.15) is 27.7 Å². The van der Waals surface area contributed by atoms with E-state index in [1.165, 1.54) is 0 Å². The summed E-state index contributed by atoms with van der Waals surface area (Å²) < 4.78 is 17.0. The molecule has 2 rings (SSSR count). The highest BCUT2D eigenvalue weighted by Gasteiger charge is 2.53. The van der Waals surface area contributed by atoms with Crippen molar-refractivity contribution in [1.29, 1.82) is 0 Å². The molecule has 2 fully saturated rings. The molecule has 2 heterocycles. The summed E-state index contributed by atoms with van der Waals surface area (Å²) in [5.74, 6) is 0.402. The maximum Gasteiger partial charge on any atom is 0.490 e. The zero-order valence-corrected chi connectivity index (χ0v) is 10.0. The molecule has 0 atom stereocenters. The molecule has 0 N–H and O–H groups in total. The van der Waals surface area contributed by atoms with Gasteiger partial charge in [0.05, 0.1) is 24.4 Å². The van der Waals surface area contributed by atoms with Gasteiger partial charge in [0.2, 0.25) is 0 Å². The molecule has 0 aromatic rings. The summed E-state index contributed by atoms with van der Waals surface area (Å²) in [6.45, 7) is 13.8. The Morgan fingerprint density at radius 3 is 1.93 bits per heavy atom. The Morgan fingerprint density at radius 2 is 1.60 bits per heavy atom. The molecule has 0 bridgehead atoms. The molecule has 15 heavy (non-hydrogen) atoms. The van der Waals surface area contributed by atoms with Crippen LogP contribution >= 0.6 is 0 Å². The summed E-state index contributed by atoms with van der Waals surface area (Å²) in [5, 5.41) is 0. The molecule has 0 aromatic heterocycles. The van der Waals surface area contributed by atoms with E-state index in [0.717, 1.165) is 18.7 Å². The van der Waals surface area contributed by atoms with E-state index < -0.39 is 0 Å². The maximum atomic E-state index is 5.91. The fourth-order valence-electron chi connectivity index (χ4n) is 1.64. The topological polar surface area (TPSA) is 27.7 Å². The highest BCUT2D eigenvalue weighted by Crippen LogP contribution is 2.40. The quantitative estimate of drug-likeness (QED) is 0.650. The molecule has 0 aromatic carbocycles. The normalized spacial score (nSPS) is 28.9. The maximum absolute atomic E-state index is 5.91. The zero-order valence-electron chi connectivity index (χ0n) is 10.0. The minimum absolute atomic E-state index is 0.273. The van der Waals surface area contributed by atoms with Gasteiger partial charge < -0.3 is 14.0 Å². The SMILES string of the molecule is C=C(B1OC(C)(C)C(C)(C)O1)C1COC1. The molecule has 2 aliphatic rings. The Hall–Kier alpha value is -0.315. The lowest BCUT2D eigenvalue weighted by Gasteiger charge is -2.32. The average molecular weight is 210 g/mol. The second-order valence-corrected chi connectivity index (χ2v) is 5.40. The van der Waals surface area contributed by atoms with Crippen molar-refractivity contribution in [2.24, 2.45) is 5.92 Å². The molecule has 84 valence electrons. The molecule has 0 unspecified atom stereocenters. The third kappa shape index (κ3) is 1.75. The number of hydrogen-bond donors (Lipinski definition) is 0. The van der Waals surface area contributed by atoms with Crippen molar-refractivity contribution in [2.45, 2.75) is 38.9 Å². The van der Waals surface area contributed by atoms with E-state index >= 15 is 0 Å². The first-order valence-electron chi connectivity index (χ1n) is 5.45. The molecule has 4 heteroatoms. The molecule has 0 aliphatic carbocycles. The van der Waals surface area contributed by atoms with Crippen LogP contribution in [0.25, 0.3) is 0 Å². The van der Waals surface area contributed by atoms with Crippen LogP contribution in [0, 0.1) is 5.92 Å². The summed E-state index contributed by atoms with van der Waals surface area (Å²) >= 11 is 0. The minimum atomic E-state index is -0.274. The molecule has 0 spiro atoms.